The van der Waals surface area contributed by atoms with E-state index in [0.717, 1.165) is 19.3 Å². The first-order chi connectivity index (χ1) is 6.68. The molecule has 1 aliphatic rings. The van der Waals surface area contributed by atoms with Gasteiger partial charge in [-0.25, -0.2) is 0 Å². The van der Waals surface area contributed by atoms with Crippen molar-refractivity contribution in [3.05, 3.63) is 35.4 Å². The lowest BCUT2D eigenvalue weighted by atomic mass is 9.78. The summed E-state index contributed by atoms with van der Waals surface area (Å²) in [5.41, 5.74) is 2.64. The fraction of sp³-hybridized carbons (Fsp3) is 0.462. The number of carbonyl (C=O) groups excluding carboxylic acids is 1. The zero-order valence-corrected chi connectivity index (χ0v) is 8.84. The Morgan fingerprint density at radius 3 is 2.14 bits per heavy atom. The summed E-state index contributed by atoms with van der Waals surface area (Å²) in [6, 6.07) is 8.42. The number of rotatable bonds is 2. The molecule has 0 saturated heterocycles. The standard InChI is InChI=1S/C13H16O/c1-3-13(10(2)14)8-11-6-4-5-7-12(11)9-13/h4-7H,3,8-9H2,1-2H3. The molecular weight excluding hydrogens is 172 g/mol. The first-order valence-electron chi connectivity index (χ1n) is 5.26. The lowest BCUT2D eigenvalue weighted by molar-refractivity contribution is -0.126. The number of benzene rings is 1. The van der Waals surface area contributed by atoms with Crippen LogP contribution < -0.4 is 0 Å². The van der Waals surface area contributed by atoms with E-state index in [1.54, 1.807) is 6.92 Å². The van der Waals surface area contributed by atoms with Crippen molar-refractivity contribution in [3.63, 3.8) is 0 Å². The van der Waals surface area contributed by atoms with Crippen molar-refractivity contribution in [1.29, 1.82) is 0 Å². The number of hydrogen-bond acceptors (Lipinski definition) is 1. The van der Waals surface area contributed by atoms with Crippen molar-refractivity contribution in [1.82, 2.24) is 0 Å². The van der Waals surface area contributed by atoms with Gasteiger partial charge in [0.25, 0.3) is 0 Å². The maximum atomic E-state index is 11.7. The summed E-state index contributed by atoms with van der Waals surface area (Å²) in [6.07, 6.45) is 2.83. The van der Waals surface area contributed by atoms with Crippen LogP contribution in [0, 0.1) is 5.41 Å². The molecule has 0 radical (unpaired) electrons. The summed E-state index contributed by atoms with van der Waals surface area (Å²) in [5, 5.41) is 0. The van der Waals surface area contributed by atoms with Crippen molar-refractivity contribution in [3.8, 4) is 0 Å². The van der Waals surface area contributed by atoms with Gasteiger partial charge >= 0.3 is 0 Å². The Bertz CT molecular complexity index is 340. The van der Waals surface area contributed by atoms with Gasteiger partial charge in [0.15, 0.2) is 0 Å². The van der Waals surface area contributed by atoms with Gasteiger partial charge in [-0.05, 0) is 37.3 Å². The van der Waals surface area contributed by atoms with Crippen LogP contribution in [-0.2, 0) is 17.6 Å². The molecule has 0 saturated carbocycles. The smallest absolute Gasteiger partial charge is 0.136 e. The van der Waals surface area contributed by atoms with E-state index in [-0.39, 0.29) is 5.41 Å². The quantitative estimate of drug-likeness (QED) is 0.697. The third-order valence-electron chi connectivity index (χ3n) is 3.60. The van der Waals surface area contributed by atoms with E-state index in [2.05, 4.69) is 31.2 Å². The number of hydrogen-bond donors (Lipinski definition) is 0. The molecule has 0 atom stereocenters. The van der Waals surface area contributed by atoms with Crippen LogP contribution in [0.4, 0.5) is 0 Å². The summed E-state index contributed by atoms with van der Waals surface area (Å²) >= 11 is 0. The second kappa shape index (κ2) is 3.23. The van der Waals surface area contributed by atoms with Crippen LogP contribution in [0.2, 0.25) is 0 Å². The predicted molar refractivity (Wildman–Crippen MR) is 57.3 cm³/mol. The van der Waals surface area contributed by atoms with Crippen LogP contribution in [-0.4, -0.2) is 5.78 Å². The van der Waals surface area contributed by atoms with Crippen molar-refractivity contribution in [2.24, 2.45) is 5.41 Å². The molecule has 0 amide bonds. The Labute approximate surface area is 85.1 Å². The van der Waals surface area contributed by atoms with E-state index in [1.807, 2.05) is 0 Å². The van der Waals surface area contributed by atoms with Crippen LogP contribution in [0.15, 0.2) is 24.3 Å². The highest BCUT2D eigenvalue weighted by molar-refractivity contribution is 5.84. The summed E-state index contributed by atoms with van der Waals surface area (Å²) in [7, 11) is 0. The van der Waals surface area contributed by atoms with Gasteiger partial charge < -0.3 is 0 Å². The van der Waals surface area contributed by atoms with E-state index in [4.69, 9.17) is 0 Å². The first-order valence-corrected chi connectivity index (χ1v) is 5.26. The van der Waals surface area contributed by atoms with Crippen molar-refractivity contribution in [2.75, 3.05) is 0 Å². The van der Waals surface area contributed by atoms with Gasteiger partial charge in [0.2, 0.25) is 0 Å². The topological polar surface area (TPSA) is 17.1 Å². The fourth-order valence-electron chi connectivity index (χ4n) is 2.44. The maximum Gasteiger partial charge on any atom is 0.136 e. The summed E-state index contributed by atoms with van der Waals surface area (Å²) in [4.78, 5) is 11.7. The number of fused-ring (bicyclic) bond motifs is 1. The minimum absolute atomic E-state index is 0.0936. The molecule has 1 aromatic rings. The number of ketones is 1. The van der Waals surface area contributed by atoms with Gasteiger partial charge in [-0.3, -0.25) is 4.79 Å². The Balaban J connectivity index is 2.37. The Kier molecular flexibility index (Phi) is 2.18. The molecule has 0 N–H and O–H groups in total. The Morgan fingerprint density at radius 1 is 1.29 bits per heavy atom. The van der Waals surface area contributed by atoms with Crippen molar-refractivity contribution < 1.29 is 4.79 Å². The summed E-state index contributed by atoms with van der Waals surface area (Å²) < 4.78 is 0. The zero-order chi connectivity index (χ0) is 10.2. The lowest BCUT2D eigenvalue weighted by Crippen LogP contribution is -2.28. The Hall–Kier alpha value is -1.11. The van der Waals surface area contributed by atoms with Crippen LogP contribution in [0.1, 0.15) is 31.4 Å². The molecule has 0 spiro atoms. The molecule has 14 heavy (non-hydrogen) atoms. The normalized spacial score (nSPS) is 17.9. The molecule has 1 nitrogen and oxygen atoms in total. The average molecular weight is 188 g/mol. The van der Waals surface area contributed by atoms with E-state index in [1.165, 1.54) is 11.1 Å². The third-order valence-corrected chi connectivity index (χ3v) is 3.60. The van der Waals surface area contributed by atoms with Gasteiger partial charge in [0.1, 0.15) is 5.78 Å². The third kappa shape index (κ3) is 1.28. The second-order valence-corrected chi connectivity index (χ2v) is 4.31. The molecule has 0 heterocycles. The van der Waals surface area contributed by atoms with E-state index >= 15 is 0 Å². The van der Waals surface area contributed by atoms with Crippen molar-refractivity contribution >= 4 is 5.78 Å². The largest absolute Gasteiger partial charge is 0.299 e. The highest BCUT2D eigenvalue weighted by Crippen LogP contribution is 2.40. The van der Waals surface area contributed by atoms with Crippen LogP contribution in [0.25, 0.3) is 0 Å². The highest BCUT2D eigenvalue weighted by atomic mass is 16.1. The SMILES string of the molecule is CCC1(C(C)=O)Cc2ccccc2C1. The molecule has 0 unspecified atom stereocenters. The van der Waals surface area contributed by atoms with E-state index in [9.17, 15) is 4.79 Å². The van der Waals surface area contributed by atoms with Gasteiger partial charge in [-0.2, -0.15) is 0 Å². The van der Waals surface area contributed by atoms with Gasteiger partial charge in [-0.1, -0.05) is 31.2 Å². The molecule has 0 aliphatic heterocycles. The van der Waals surface area contributed by atoms with Gasteiger partial charge in [0.05, 0.1) is 0 Å². The van der Waals surface area contributed by atoms with Crippen LogP contribution in [0.5, 0.6) is 0 Å². The van der Waals surface area contributed by atoms with E-state index in [0.29, 0.717) is 5.78 Å². The summed E-state index contributed by atoms with van der Waals surface area (Å²) in [6.45, 7) is 3.85. The first kappa shape index (κ1) is 9.45. The molecule has 1 aliphatic carbocycles. The molecule has 2 rings (SSSR count). The second-order valence-electron chi connectivity index (χ2n) is 4.31. The molecule has 74 valence electrons. The van der Waals surface area contributed by atoms with Crippen LogP contribution >= 0.6 is 0 Å². The lowest BCUT2D eigenvalue weighted by Gasteiger charge is -2.23. The van der Waals surface area contributed by atoms with Gasteiger partial charge in [0, 0.05) is 5.41 Å². The highest BCUT2D eigenvalue weighted by Gasteiger charge is 2.39. The number of Topliss-reactive ketones (excluding diaryl/α,β-unsaturated/α-hetero) is 1. The molecule has 1 heteroatoms. The van der Waals surface area contributed by atoms with E-state index < -0.39 is 0 Å². The fourth-order valence-corrected chi connectivity index (χ4v) is 2.44. The minimum atomic E-state index is -0.0936. The summed E-state index contributed by atoms with van der Waals surface area (Å²) in [5.74, 6) is 0.344. The monoisotopic (exact) mass is 188 g/mol. The predicted octanol–water partition coefficient (Wildman–Crippen LogP) is 2.77. The van der Waals surface area contributed by atoms with Gasteiger partial charge in [-0.15, -0.1) is 0 Å². The molecule has 0 bridgehead atoms. The number of carbonyl (C=O) groups is 1. The van der Waals surface area contributed by atoms with Crippen LogP contribution in [0.3, 0.4) is 0 Å². The molecule has 1 aromatic carbocycles. The molecule has 0 fully saturated rings. The molecular formula is C13H16O. The maximum absolute atomic E-state index is 11.7. The van der Waals surface area contributed by atoms with Crippen molar-refractivity contribution in [2.45, 2.75) is 33.1 Å². The average Bonchev–Trinajstić information content (AvgIpc) is 2.57. The Morgan fingerprint density at radius 2 is 1.79 bits per heavy atom. The zero-order valence-electron chi connectivity index (χ0n) is 8.84. The molecule has 0 aromatic heterocycles. The minimum Gasteiger partial charge on any atom is -0.299 e.